The van der Waals surface area contributed by atoms with E-state index in [1.165, 1.54) is 0 Å². The third-order valence-corrected chi connectivity index (χ3v) is 6.79. The first kappa shape index (κ1) is 22.5. The van der Waals surface area contributed by atoms with Gasteiger partial charge in [-0.25, -0.2) is 9.97 Å². The number of likely N-dealkylation sites (N-methyl/N-ethyl adjacent to an activating group) is 1. The van der Waals surface area contributed by atoms with Crippen LogP contribution in [0.5, 0.6) is 0 Å². The number of carbonyl (C=O) groups is 2. The zero-order valence-electron chi connectivity index (χ0n) is 18.3. The van der Waals surface area contributed by atoms with E-state index in [-0.39, 0.29) is 23.7 Å². The number of primary amides is 1. The second-order valence-corrected chi connectivity index (χ2v) is 9.10. The lowest BCUT2D eigenvalue weighted by atomic mass is 9.91. The fourth-order valence-corrected chi connectivity index (χ4v) is 4.70. The number of hydrogen-bond donors (Lipinski definition) is 2. The number of halogens is 1. The fraction of sp³-hybridized carbons (Fsp3) is 0.478. The normalized spacial score (nSPS) is 21.5. The van der Waals surface area contributed by atoms with E-state index in [2.05, 4.69) is 27.2 Å². The smallest absolute Gasteiger partial charge is 0.253 e. The Bertz CT molecular complexity index is 975. The second-order valence-electron chi connectivity index (χ2n) is 8.69. The highest BCUT2D eigenvalue weighted by atomic mass is 35.5. The van der Waals surface area contributed by atoms with Gasteiger partial charge in [0.25, 0.3) is 5.91 Å². The summed E-state index contributed by atoms with van der Waals surface area (Å²) in [6, 6.07) is 7.33. The number of anilines is 2. The summed E-state index contributed by atoms with van der Waals surface area (Å²) in [5.41, 5.74) is 7.71. The van der Waals surface area contributed by atoms with Crippen LogP contribution in [0.1, 0.15) is 35.3 Å². The number of carbonyl (C=O) groups excluding carboxylic acids is 2. The lowest BCUT2D eigenvalue weighted by molar-refractivity contribution is -0.122. The minimum atomic E-state index is -0.248. The minimum absolute atomic E-state index is 0.0512. The van der Waals surface area contributed by atoms with Gasteiger partial charge in [0.05, 0.1) is 16.9 Å². The quantitative estimate of drug-likeness (QED) is 0.692. The lowest BCUT2D eigenvalue weighted by Crippen LogP contribution is -2.47. The maximum Gasteiger partial charge on any atom is 0.253 e. The Morgan fingerprint density at radius 1 is 1.16 bits per heavy atom. The topological polar surface area (TPSA) is 104 Å². The molecular formula is C23H29ClN6O2. The Kier molecular flexibility index (Phi) is 6.91. The van der Waals surface area contributed by atoms with Crippen LogP contribution >= 0.6 is 11.6 Å². The molecule has 32 heavy (non-hydrogen) atoms. The number of hydrogen-bond acceptors (Lipinski definition) is 6. The molecule has 1 aliphatic heterocycles. The molecule has 2 atom stereocenters. The minimum Gasteiger partial charge on any atom is -0.369 e. The predicted molar refractivity (Wildman–Crippen MR) is 124 cm³/mol. The monoisotopic (exact) mass is 456 g/mol. The molecule has 3 N–H and O–H groups in total. The van der Waals surface area contributed by atoms with Crippen LogP contribution in [-0.2, 0) is 11.2 Å². The van der Waals surface area contributed by atoms with Crippen molar-refractivity contribution in [2.45, 2.75) is 25.7 Å². The molecule has 1 saturated heterocycles. The molecule has 9 heteroatoms. The van der Waals surface area contributed by atoms with Gasteiger partial charge >= 0.3 is 0 Å². The van der Waals surface area contributed by atoms with Crippen molar-refractivity contribution in [3.8, 4) is 0 Å². The van der Waals surface area contributed by atoms with Gasteiger partial charge in [0.2, 0.25) is 11.9 Å². The van der Waals surface area contributed by atoms with Gasteiger partial charge in [0.15, 0.2) is 0 Å². The Balaban J connectivity index is 1.41. The van der Waals surface area contributed by atoms with Crippen LogP contribution in [0.4, 0.5) is 11.6 Å². The number of nitrogens with zero attached hydrogens (tertiary/aromatic N) is 4. The Morgan fingerprint density at radius 3 is 2.56 bits per heavy atom. The van der Waals surface area contributed by atoms with Crippen LogP contribution in [0, 0.1) is 11.8 Å². The highest BCUT2D eigenvalue weighted by Crippen LogP contribution is 2.35. The summed E-state index contributed by atoms with van der Waals surface area (Å²) in [6.45, 7) is 3.27. The third-order valence-electron chi connectivity index (χ3n) is 6.48. The summed E-state index contributed by atoms with van der Waals surface area (Å²) in [5.74, 6) is 0.268. The van der Waals surface area contributed by atoms with E-state index in [1.54, 1.807) is 6.20 Å². The van der Waals surface area contributed by atoms with Gasteiger partial charge in [-0.2, -0.15) is 0 Å². The summed E-state index contributed by atoms with van der Waals surface area (Å²) < 4.78 is 0. The van der Waals surface area contributed by atoms with Crippen molar-refractivity contribution in [2.24, 2.45) is 17.6 Å². The molecule has 0 unspecified atom stereocenters. The number of nitrogens with two attached hydrogens (primary N) is 1. The van der Waals surface area contributed by atoms with Crippen molar-refractivity contribution < 1.29 is 9.59 Å². The number of nitrogens with one attached hydrogen (secondary N) is 1. The van der Waals surface area contributed by atoms with Gasteiger partial charge in [-0.1, -0.05) is 18.0 Å². The van der Waals surface area contributed by atoms with E-state index in [1.807, 2.05) is 29.2 Å². The standard InChI is InChI=1S/C23H29ClN6O2/c1-29-9-11-30(12-10-29)22(32)15-5-7-17(8-6-15)27-23-26-14-19(24)20(28-23)13-16-3-2-4-18(16)21(25)31/h5-8,14,16,18H,2-4,9-13H2,1H3,(H2,25,31)(H,26,27,28)/t16-,18-/m0/s1. The zero-order valence-corrected chi connectivity index (χ0v) is 19.0. The average molecular weight is 457 g/mol. The first-order valence-corrected chi connectivity index (χ1v) is 11.4. The molecule has 0 spiro atoms. The summed E-state index contributed by atoms with van der Waals surface area (Å²) >= 11 is 6.33. The van der Waals surface area contributed by atoms with Gasteiger partial charge < -0.3 is 20.9 Å². The molecule has 1 aromatic heterocycles. The Labute approximate surface area is 193 Å². The van der Waals surface area contributed by atoms with Gasteiger partial charge in [-0.05, 0) is 56.5 Å². The molecule has 4 rings (SSSR count). The van der Waals surface area contributed by atoms with Gasteiger partial charge in [-0.3, -0.25) is 9.59 Å². The maximum atomic E-state index is 12.7. The Morgan fingerprint density at radius 2 is 1.88 bits per heavy atom. The number of amides is 2. The number of aromatic nitrogens is 2. The van der Waals surface area contributed by atoms with E-state index in [0.29, 0.717) is 28.6 Å². The average Bonchev–Trinajstić information content (AvgIpc) is 3.25. The fourth-order valence-electron chi connectivity index (χ4n) is 4.53. The molecule has 2 aromatic rings. The first-order valence-electron chi connectivity index (χ1n) is 11.1. The van der Waals surface area contributed by atoms with Gasteiger partial charge in [0, 0.05) is 43.3 Å². The molecule has 1 aromatic carbocycles. The van der Waals surface area contributed by atoms with Crippen molar-refractivity contribution in [2.75, 3.05) is 38.5 Å². The molecule has 2 heterocycles. The predicted octanol–water partition coefficient (Wildman–Crippen LogP) is 2.71. The van der Waals surface area contributed by atoms with Crippen molar-refractivity contribution >= 4 is 35.1 Å². The third kappa shape index (κ3) is 5.19. The summed E-state index contributed by atoms with van der Waals surface area (Å²) in [5, 5.41) is 3.66. The Hall–Kier alpha value is -2.71. The van der Waals surface area contributed by atoms with Crippen LogP contribution in [0.25, 0.3) is 0 Å². The van der Waals surface area contributed by atoms with Crippen LogP contribution in [0.2, 0.25) is 5.02 Å². The van der Waals surface area contributed by atoms with Crippen LogP contribution in [-0.4, -0.2) is 64.8 Å². The highest BCUT2D eigenvalue weighted by molar-refractivity contribution is 6.31. The zero-order chi connectivity index (χ0) is 22.7. The molecule has 8 nitrogen and oxygen atoms in total. The van der Waals surface area contributed by atoms with E-state index < -0.39 is 0 Å². The van der Waals surface area contributed by atoms with Crippen molar-refractivity contribution in [3.05, 3.63) is 46.7 Å². The van der Waals surface area contributed by atoms with Crippen molar-refractivity contribution in [1.29, 1.82) is 0 Å². The number of rotatable bonds is 6. The molecule has 170 valence electrons. The number of benzene rings is 1. The lowest BCUT2D eigenvalue weighted by Gasteiger charge is -2.32. The molecule has 0 radical (unpaired) electrons. The van der Waals surface area contributed by atoms with E-state index in [9.17, 15) is 9.59 Å². The summed E-state index contributed by atoms with van der Waals surface area (Å²) in [6.07, 6.45) is 4.94. The van der Waals surface area contributed by atoms with Gasteiger partial charge in [0.1, 0.15) is 0 Å². The van der Waals surface area contributed by atoms with Crippen LogP contribution < -0.4 is 11.1 Å². The molecule has 1 saturated carbocycles. The highest BCUT2D eigenvalue weighted by Gasteiger charge is 2.32. The van der Waals surface area contributed by atoms with Gasteiger partial charge in [-0.15, -0.1) is 0 Å². The van der Waals surface area contributed by atoms with Crippen LogP contribution in [0.15, 0.2) is 30.5 Å². The van der Waals surface area contributed by atoms with Crippen molar-refractivity contribution in [1.82, 2.24) is 19.8 Å². The van der Waals surface area contributed by atoms with E-state index in [4.69, 9.17) is 17.3 Å². The maximum absolute atomic E-state index is 12.7. The summed E-state index contributed by atoms with van der Waals surface area (Å²) in [7, 11) is 2.07. The molecule has 2 amide bonds. The molecule has 2 aliphatic rings. The first-order chi connectivity index (χ1) is 15.4. The van der Waals surface area contributed by atoms with E-state index in [0.717, 1.165) is 51.1 Å². The summed E-state index contributed by atoms with van der Waals surface area (Å²) in [4.78, 5) is 37.4. The van der Waals surface area contributed by atoms with Crippen LogP contribution in [0.3, 0.4) is 0 Å². The largest absolute Gasteiger partial charge is 0.369 e. The second kappa shape index (κ2) is 9.83. The molecule has 1 aliphatic carbocycles. The molecular weight excluding hydrogens is 428 g/mol. The van der Waals surface area contributed by atoms with Crippen molar-refractivity contribution in [3.63, 3.8) is 0 Å². The molecule has 2 fully saturated rings. The van der Waals surface area contributed by atoms with E-state index >= 15 is 0 Å². The SMILES string of the molecule is CN1CCN(C(=O)c2ccc(Nc3ncc(Cl)c(C[C@@H]4CCC[C@@H]4C(N)=O)n3)cc2)CC1. The number of piperazine rings is 1. The molecule has 0 bridgehead atoms.